The topological polar surface area (TPSA) is 33.0 Å². The Labute approximate surface area is 152 Å². The largest absolute Gasteiger partial charge is 0.416 e. The molecule has 0 aliphatic carbocycles. The van der Waals surface area contributed by atoms with Gasteiger partial charge in [-0.1, -0.05) is 30.3 Å². The van der Waals surface area contributed by atoms with Crippen molar-refractivity contribution >= 4 is 0 Å². The Balaban J connectivity index is 2.15. The minimum atomic E-state index is -4.90. The Morgan fingerprint density at radius 3 is 1.93 bits per heavy atom. The standard InChI is InChI=1S/C19H15F6NO/c20-18(21,22)16-8-13(9-17(10-16)19(23,24)25)11-27-12-15(6-7-26)14-4-2-1-3-5-14/h1-5,8-10,15H,6,11-12H2. The van der Waals surface area contributed by atoms with Crippen LogP contribution in [0.5, 0.6) is 0 Å². The summed E-state index contributed by atoms with van der Waals surface area (Å²) < 4.78 is 82.5. The van der Waals surface area contributed by atoms with E-state index >= 15 is 0 Å². The van der Waals surface area contributed by atoms with E-state index < -0.39 is 30.1 Å². The maximum absolute atomic E-state index is 12.9. The van der Waals surface area contributed by atoms with Gasteiger partial charge in [0.05, 0.1) is 30.4 Å². The molecule has 0 aliphatic heterocycles. The minimum absolute atomic E-state index is 0.00479. The highest BCUT2D eigenvalue weighted by Crippen LogP contribution is 2.36. The van der Waals surface area contributed by atoms with E-state index in [0.717, 1.165) is 5.56 Å². The molecule has 0 heterocycles. The van der Waals surface area contributed by atoms with Crippen LogP contribution in [0.25, 0.3) is 0 Å². The van der Waals surface area contributed by atoms with E-state index in [4.69, 9.17) is 10.00 Å². The van der Waals surface area contributed by atoms with Crippen molar-refractivity contribution in [1.29, 1.82) is 5.26 Å². The summed E-state index contributed by atoms with van der Waals surface area (Å²) in [6.45, 7) is -0.434. The van der Waals surface area contributed by atoms with Crippen molar-refractivity contribution in [2.24, 2.45) is 0 Å². The van der Waals surface area contributed by atoms with Crippen molar-refractivity contribution in [2.75, 3.05) is 6.61 Å². The van der Waals surface area contributed by atoms with Crippen LogP contribution in [0.3, 0.4) is 0 Å². The van der Waals surface area contributed by atoms with Gasteiger partial charge in [0, 0.05) is 12.3 Å². The van der Waals surface area contributed by atoms with Gasteiger partial charge in [-0.2, -0.15) is 31.6 Å². The molecule has 0 N–H and O–H groups in total. The van der Waals surface area contributed by atoms with Gasteiger partial charge in [-0.05, 0) is 29.3 Å². The molecule has 0 saturated heterocycles. The molecule has 144 valence electrons. The third-order valence-corrected chi connectivity index (χ3v) is 3.84. The van der Waals surface area contributed by atoms with E-state index in [-0.39, 0.29) is 30.6 Å². The predicted molar refractivity (Wildman–Crippen MR) is 85.5 cm³/mol. The quantitative estimate of drug-likeness (QED) is 0.575. The van der Waals surface area contributed by atoms with Gasteiger partial charge in [0.1, 0.15) is 0 Å². The number of hydrogen-bond acceptors (Lipinski definition) is 2. The number of ether oxygens (including phenoxy) is 1. The van der Waals surface area contributed by atoms with Gasteiger partial charge in [0.25, 0.3) is 0 Å². The Bertz CT molecular complexity index is 760. The van der Waals surface area contributed by atoms with E-state index in [1.165, 1.54) is 0 Å². The van der Waals surface area contributed by atoms with Crippen molar-refractivity contribution in [3.05, 3.63) is 70.8 Å². The number of nitriles is 1. The average molecular weight is 387 g/mol. The fourth-order valence-corrected chi connectivity index (χ4v) is 2.53. The zero-order chi connectivity index (χ0) is 20.1. The van der Waals surface area contributed by atoms with Crippen molar-refractivity contribution < 1.29 is 31.1 Å². The summed E-state index contributed by atoms with van der Waals surface area (Å²) in [5.41, 5.74) is -2.19. The summed E-state index contributed by atoms with van der Waals surface area (Å²) >= 11 is 0. The molecule has 27 heavy (non-hydrogen) atoms. The average Bonchev–Trinajstić information content (AvgIpc) is 2.60. The predicted octanol–water partition coefficient (Wildman–Crippen LogP) is 5.94. The molecule has 2 rings (SSSR count). The van der Waals surface area contributed by atoms with Crippen LogP contribution in [-0.2, 0) is 23.7 Å². The molecule has 0 aliphatic rings. The van der Waals surface area contributed by atoms with Gasteiger partial charge in [0.15, 0.2) is 0 Å². The third kappa shape index (κ3) is 6.00. The second-order valence-corrected chi connectivity index (χ2v) is 5.90. The number of alkyl halides is 6. The van der Waals surface area contributed by atoms with Gasteiger partial charge in [-0.15, -0.1) is 0 Å². The first kappa shape index (κ1) is 20.8. The summed E-state index contributed by atoms with van der Waals surface area (Å²) in [7, 11) is 0. The van der Waals surface area contributed by atoms with Crippen LogP contribution >= 0.6 is 0 Å². The fourth-order valence-electron chi connectivity index (χ4n) is 2.53. The molecular weight excluding hydrogens is 372 g/mol. The lowest BCUT2D eigenvalue weighted by atomic mass is 9.97. The lowest BCUT2D eigenvalue weighted by molar-refractivity contribution is -0.143. The van der Waals surface area contributed by atoms with Crippen LogP contribution in [-0.4, -0.2) is 6.61 Å². The molecule has 1 unspecified atom stereocenters. The summed E-state index contributed by atoms with van der Waals surface area (Å²) in [5.74, 6) is -0.330. The Kier molecular flexibility index (Phi) is 6.50. The van der Waals surface area contributed by atoms with E-state index in [9.17, 15) is 26.3 Å². The molecule has 2 aromatic rings. The van der Waals surface area contributed by atoms with Crippen LogP contribution in [0.1, 0.15) is 34.6 Å². The summed E-state index contributed by atoms with van der Waals surface area (Å²) in [6, 6.07) is 12.2. The molecule has 0 fully saturated rings. The van der Waals surface area contributed by atoms with E-state index in [0.29, 0.717) is 12.1 Å². The smallest absolute Gasteiger partial charge is 0.376 e. The SMILES string of the molecule is N#CCC(COCc1cc(C(F)(F)F)cc(C(F)(F)F)c1)c1ccccc1. The van der Waals surface area contributed by atoms with Crippen LogP contribution in [0.2, 0.25) is 0 Å². The summed E-state index contributed by atoms with van der Waals surface area (Å²) in [4.78, 5) is 0. The zero-order valence-electron chi connectivity index (χ0n) is 13.9. The molecule has 2 aromatic carbocycles. The van der Waals surface area contributed by atoms with Crippen LogP contribution < -0.4 is 0 Å². The molecule has 1 atom stereocenters. The first-order valence-electron chi connectivity index (χ1n) is 7.89. The number of hydrogen-bond donors (Lipinski definition) is 0. The molecule has 0 spiro atoms. The maximum Gasteiger partial charge on any atom is 0.416 e. The lowest BCUT2D eigenvalue weighted by Crippen LogP contribution is -2.13. The van der Waals surface area contributed by atoms with Gasteiger partial charge >= 0.3 is 12.4 Å². The van der Waals surface area contributed by atoms with Crippen molar-refractivity contribution in [1.82, 2.24) is 0 Å². The molecule has 0 bridgehead atoms. The minimum Gasteiger partial charge on any atom is -0.376 e. The molecule has 0 saturated carbocycles. The maximum atomic E-state index is 12.9. The van der Waals surface area contributed by atoms with Crippen LogP contribution in [0, 0.1) is 11.3 Å². The second-order valence-electron chi connectivity index (χ2n) is 5.90. The monoisotopic (exact) mass is 387 g/mol. The second kappa shape index (κ2) is 8.44. The molecular formula is C19H15F6NO. The Hall–Kier alpha value is -2.53. The van der Waals surface area contributed by atoms with Crippen molar-refractivity contribution in [3.8, 4) is 6.07 Å². The number of nitrogens with zero attached hydrogens (tertiary/aromatic N) is 1. The highest BCUT2D eigenvalue weighted by molar-refractivity contribution is 5.33. The molecule has 2 nitrogen and oxygen atoms in total. The lowest BCUT2D eigenvalue weighted by Gasteiger charge is -2.16. The first-order valence-corrected chi connectivity index (χ1v) is 7.89. The summed E-state index contributed by atoms with van der Waals surface area (Å²) in [5, 5.41) is 8.91. The Morgan fingerprint density at radius 1 is 0.889 bits per heavy atom. The van der Waals surface area contributed by atoms with Gasteiger partial charge in [-0.3, -0.25) is 0 Å². The molecule has 0 amide bonds. The molecule has 0 aromatic heterocycles. The zero-order valence-corrected chi connectivity index (χ0v) is 13.9. The van der Waals surface area contributed by atoms with Crippen molar-refractivity contribution in [2.45, 2.75) is 31.3 Å². The normalized spacial score (nSPS) is 13.2. The Morgan fingerprint density at radius 2 is 1.44 bits per heavy atom. The first-order chi connectivity index (χ1) is 12.6. The summed E-state index contributed by atoms with van der Waals surface area (Å²) in [6.07, 6.45) is -9.69. The van der Waals surface area contributed by atoms with Gasteiger partial charge in [-0.25, -0.2) is 0 Å². The number of rotatable bonds is 6. The van der Waals surface area contributed by atoms with Crippen molar-refractivity contribution in [3.63, 3.8) is 0 Å². The van der Waals surface area contributed by atoms with E-state index in [2.05, 4.69) is 0 Å². The van der Waals surface area contributed by atoms with Gasteiger partial charge in [0.2, 0.25) is 0 Å². The van der Waals surface area contributed by atoms with E-state index in [1.54, 1.807) is 30.3 Å². The van der Waals surface area contributed by atoms with E-state index in [1.807, 2.05) is 6.07 Å². The fraction of sp³-hybridized carbons (Fsp3) is 0.316. The molecule has 8 heteroatoms. The highest BCUT2D eigenvalue weighted by Gasteiger charge is 2.36. The van der Waals surface area contributed by atoms with Gasteiger partial charge < -0.3 is 4.74 Å². The number of benzene rings is 2. The van der Waals surface area contributed by atoms with Crippen LogP contribution in [0.15, 0.2) is 48.5 Å². The third-order valence-electron chi connectivity index (χ3n) is 3.84. The molecule has 0 radical (unpaired) electrons. The van der Waals surface area contributed by atoms with Crippen LogP contribution in [0.4, 0.5) is 26.3 Å². The highest BCUT2D eigenvalue weighted by atomic mass is 19.4. The number of halogens is 6.